The minimum atomic E-state index is 0.0415. The second-order valence-corrected chi connectivity index (χ2v) is 6.83. The molecular weight excluding hydrogens is 312 g/mol. The first kappa shape index (κ1) is 17.5. The van der Waals surface area contributed by atoms with E-state index in [4.69, 9.17) is 4.74 Å². The van der Waals surface area contributed by atoms with Crippen molar-refractivity contribution in [1.82, 2.24) is 4.90 Å². The second kappa shape index (κ2) is 7.70. The topological polar surface area (TPSA) is 41.6 Å². The number of anilines is 1. The maximum Gasteiger partial charge on any atom is 0.238 e. The van der Waals surface area contributed by atoms with E-state index in [1.54, 1.807) is 7.11 Å². The fourth-order valence-corrected chi connectivity index (χ4v) is 3.67. The quantitative estimate of drug-likeness (QED) is 0.893. The summed E-state index contributed by atoms with van der Waals surface area (Å²) in [7, 11) is 1.68. The monoisotopic (exact) mass is 338 g/mol. The number of benzene rings is 2. The van der Waals surface area contributed by atoms with Crippen LogP contribution >= 0.6 is 0 Å². The van der Waals surface area contributed by atoms with Crippen molar-refractivity contribution in [2.75, 3.05) is 25.5 Å². The lowest BCUT2D eigenvalue weighted by Crippen LogP contribution is -2.33. The number of methoxy groups -OCH3 is 1. The van der Waals surface area contributed by atoms with E-state index in [0.717, 1.165) is 42.0 Å². The Morgan fingerprint density at radius 1 is 1.20 bits per heavy atom. The Labute approximate surface area is 149 Å². The van der Waals surface area contributed by atoms with Crippen molar-refractivity contribution in [3.05, 3.63) is 59.2 Å². The third kappa shape index (κ3) is 4.40. The minimum absolute atomic E-state index is 0.0415. The van der Waals surface area contributed by atoms with Gasteiger partial charge >= 0.3 is 0 Å². The van der Waals surface area contributed by atoms with E-state index in [1.807, 2.05) is 38.1 Å². The Bertz CT molecular complexity index is 737. The van der Waals surface area contributed by atoms with Crippen molar-refractivity contribution in [1.29, 1.82) is 0 Å². The summed E-state index contributed by atoms with van der Waals surface area (Å²) in [5, 5.41) is 3.04. The highest BCUT2D eigenvalue weighted by molar-refractivity contribution is 5.92. The summed E-state index contributed by atoms with van der Waals surface area (Å²) in [6, 6.07) is 14.6. The molecule has 0 aliphatic carbocycles. The van der Waals surface area contributed by atoms with Crippen LogP contribution in [0, 0.1) is 13.8 Å². The third-order valence-electron chi connectivity index (χ3n) is 4.69. The molecule has 1 atom stereocenters. The molecule has 1 N–H and O–H groups in total. The van der Waals surface area contributed by atoms with Gasteiger partial charge in [-0.2, -0.15) is 0 Å². The number of rotatable bonds is 5. The zero-order chi connectivity index (χ0) is 17.8. The van der Waals surface area contributed by atoms with Gasteiger partial charge in [0.15, 0.2) is 0 Å². The molecule has 4 nitrogen and oxygen atoms in total. The predicted molar refractivity (Wildman–Crippen MR) is 101 cm³/mol. The van der Waals surface area contributed by atoms with Crippen molar-refractivity contribution in [2.24, 2.45) is 0 Å². The third-order valence-corrected chi connectivity index (χ3v) is 4.69. The smallest absolute Gasteiger partial charge is 0.238 e. The van der Waals surface area contributed by atoms with Crippen LogP contribution in [0.4, 0.5) is 5.69 Å². The summed E-state index contributed by atoms with van der Waals surface area (Å²) in [6.07, 6.45) is 2.18. The molecule has 1 heterocycles. The van der Waals surface area contributed by atoms with Crippen molar-refractivity contribution in [3.8, 4) is 5.75 Å². The average molecular weight is 338 g/mol. The van der Waals surface area contributed by atoms with Crippen LogP contribution in [0.2, 0.25) is 0 Å². The number of amides is 1. The summed E-state index contributed by atoms with van der Waals surface area (Å²) in [5.74, 6) is 0.906. The summed E-state index contributed by atoms with van der Waals surface area (Å²) in [6.45, 7) is 5.45. The molecule has 0 bridgehead atoms. The van der Waals surface area contributed by atoms with E-state index in [9.17, 15) is 4.79 Å². The van der Waals surface area contributed by atoms with Crippen LogP contribution in [-0.2, 0) is 4.79 Å². The van der Waals surface area contributed by atoms with Crippen LogP contribution in [0.1, 0.15) is 35.6 Å². The Balaban J connectivity index is 1.67. The van der Waals surface area contributed by atoms with Gasteiger partial charge in [0.1, 0.15) is 5.75 Å². The normalized spacial score (nSPS) is 17.5. The molecule has 0 radical (unpaired) electrons. The molecule has 4 heteroatoms. The maximum absolute atomic E-state index is 12.5. The van der Waals surface area contributed by atoms with E-state index in [-0.39, 0.29) is 11.9 Å². The van der Waals surface area contributed by atoms with Gasteiger partial charge in [0.2, 0.25) is 5.91 Å². The van der Waals surface area contributed by atoms with Crippen molar-refractivity contribution >= 4 is 11.6 Å². The number of carbonyl (C=O) groups is 1. The molecule has 0 spiro atoms. The van der Waals surface area contributed by atoms with Crippen LogP contribution in [0.3, 0.4) is 0 Å². The summed E-state index contributed by atoms with van der Waals surface area (Å²) < 4.78 is 5.33. The van der Waals surface area contributed by atoms with E-state index in [1.165, 1.54) is 5.56 Å². The van der Waals surface area contributed by atoms with Gasteiger partial charge < -0.3 is 10.1 Å². The fraction of sp³-hybridized carbons (Fsp3) is 0.381. The molecule has 25 heavy (non-hydrogen) atoms. The Hall–Kier alpha value is -2.33. The number of aryl methyl sites for hydroxylation is 2. The first-order valence-electron chi connectivity index (χ1n) is 8.81. The SMILES string of the molecule is COc1cccc(C2CCCN2CC(=O)Nc2cc(C)cc(C)c2)c1. The molecule has 132 valence electrons. The number of ether oxygens (including phenoxy) is 1. The fourth-order valence-electron chi connectivity index (χ4n) is 3.67. The second-order valence-electron chi connectivity index (χ2n) is 6.83. The van der Waals surface area contributed by atoms with Gasteiger partial charge in [-0.25, -0.2) is 0 Å². The average Bonchev–Trinajstić information content (AvgIpc) is 3.01. The predicted octanol–water partition coefficient (Wildman–Crippen LogP) is 4.09. The molecule has 2 aromatic carbocycles. The highest BCUT2D eigenvalue weighted by atomic mass is 16.5. The summed E-state index contributed by atoms with van der Waals surface area (Å²) in [4.78, 5) is 14.8. The number of carbonyl (C=O) groups excluding carboxylic acids is 1. The minimum Gasteiger partial charge on any atom is -0.497 e. The Morgan fingerprint density at radius 3 is 2.68 bits per heavy atom. The van der Waals surface area contributed by atoms with Crippen LogP contribution in [-0.4, -0.2) is 31.0 Å². The summed E-state index contributed by atoms with van der Waals surface area (Å²) in [5.41, 5.74) is 4.41. The number of hydrogen-bond donors (Lipinski definition) is 1. The van der Waals surface area contributed by atoms with Gasteiger partial charge in [-0.3, -0.25) is 9.69 Å². The van der Waals surface area contributed by atoms with Gasteiger partial charge in [0.25, 0.3) is 0 Å². The molecule has 1 unspecified atom stereocenters. The molecule has 0 aromatic heterocycles. The van der Waals surface area contributed by atoms with Gasteiger partial charge in [-0.05, 0) is 74.2 Å². The number of nitrogens with one attached hydrogen (secondary N) is 1. The number of likely N-dealkylation sites (tertiary alicyclic amines) is 1. The van der Waals surface area contributed by atoms with Gasteiger partial charge in [0.05, 0.1) is 13.7 Å². The molecule has 1 saturated heterocycles. The van der Waals surface area contributed by atoms with E-state index < -0.39 is 0 Å². The lowest BCUT2D eigenvalue weighted by molar-refractivity contribution is -0.117. The molecule has 1 aliphatic heterocycles. The van der Waals surface area contributed by atoms with Gasteiger partial charge in [-0.1, -0.05) is 18.2 Å². The zero-order valence-corrected chi connectivity index (χ0v) is 15.2. The van der Waals surface area contributed by atoms with E-state index in [2.05, 4.69) is 28.4 Å². The first-order chi connectivity index (χ1) is 12.0. The van der Waals surface area contributed by atoms with E-state index >= 15 is 0 Å². The van der Waals surface area contributed by atoms with Crippen molar-refractivity contribution in [2.45, 2.75) is 32.7 Å². The lowest BCUT2D eigenvalue weighted by atomic mass is 10.0. The molecule has 0 saturated carbocycles. The standard InChI is InChI=1S/C21H26N2O2/c1-15-10-16(2)12-18(11-15)22-21(24)14-23-9-5-8-20(23)17-6-4-7-19(13-17)25-3/h4,6-7,10-13,20H,5,8-9,14H2,1-3H3,(H,22,24). The van der Waals surface area contributed by atoms with Gasteiger partial charge in [-0.15, -0.1) is 0 Å². The highest BCUT2D eigenvalue weighted by Crippen LogP contribution is 2.33. The lowest BCUT2D eigenvalue weighted by Gasteiger charge is -2.24. The molecule has 1 fully saturated rings. The molecule has 1 aliphatic rings. The van der Waals surface area contributed by atoms with Crippen LogP contribution in [0.25, 0.3) is 0 Å². The zero-order valence-electron chi connectivity index (χ0n) is 15.2. The largest absolute Gasteiger partial charge is 0.497 e. The highest BCUT2D eigenvalue weighted by Gasteiger charge is 2.27. The molecule has 3 rings (SSSR count). The van der Waals surface area contributed by atoms with Crippen molar-refractivity contribution in [3.63, 3.8) is 0 Å². The molecular formula is C21H26N2O2. The van der Waals surface area contributed by atoms with Gasteiger partial charge in [0, 0.05) is 11.7 Å². The van der Waals surface area contributed by atoms with Crippen LogP contribution < -0.4 is 10.1 Å². The van der Waals surface area contributed by atoms with Crippen molar-refractivity contribution < 1.29 is 9.53 Å². The number of nitrogens with zero attached hydrogens (tertiary/aromatic N) is 1. The van der Waals surface area contributed by atoms with Crippen LogP contribution in [0.15, 0.2) is 42.5 Å². The van der Waals surface area contributed by atoms with E-state index in [0.29, 0.717) is 6.54 Å². The Morgan fingerprint density at radius 2 is 1.96 bits per heavy atom. The van der Waals surface area contributed by atoms with Crippen LogP contribution in [0.5, 0.6) is 5.75 Å². The number of hydrogen-bond acceptors (Lipinski definition) is 3. The molecule has 1 amide bonds. The maximum atomic E-state index is 12.5. The summed E-state index contributed by atoms with van der Waals surface area (Å²) >= 11 is 0. The first-order valence-corrected chi connectivity index (χ1v) is 8.81. The molecule has 2 aromatic rings. The Kier molecular flexibility index (Phi) is 5.39.